The highest BCUT2D eigenvalue weighted by molar-refractivity contribution is 5.29. The smallest absolute Gasteiger partial charge is 0.177 e. The molecule has 1 saturated carbocycles. The van der Waals surface area contributed by atoms with Crippen molar-refractivity contribution in [3.05, 3.63) is 35.4 Å². The SMILES string of the molecule is CC([OH2+])c1cccc(C2CC2)c1. The zero-order chi connectivity index (χ0) is 8.55. The summed E-state index contributed by atoms with van der Waals surface area (Å²) in [7, 11) is 0. The van der Waals surface area contributed by atoms with E-state index in [4.69, 9.17) is 5.11 Å². The van der Waals surface area contributed by atoms with E-state index in [2.05, 4.69) is 18.2 Å². The van der Waals surface area contributed by atoms with Gasteiger partial charge in [-0.25, -0.2) is 0 Å². The van der Waals surface area contributed by atoms with Gasteiger partial charge in [-0.2, -0.15) is 0 Å². The van der Waals surface area contributed by atoms with Gasteiger partial charge in [-0.1, -0.05) is 18.2 Å². The van der Waals surface area contributed by atoms with Crippen LogP contribution >= 0.6 is 0 Å². The maximum absolute atomic E-state index is 7.58. The topological polar surface area (TPSA) is 22.9 Å². The molecule has 1 aliphatic rings. The van der Waals surface area contributed by atoms with Crippen molar-refractivity contribution in [2.24, 2.45) is 0 Å². The predicted molar refractivity (Wildman–Crippen MR) is 50.4 cm³/mol. The summed E-state index contributed by atoms with van der Waals surface area (Å²) >= 11 is 0. The predicted octanol–water partition coefficient (Wildman–Crippen LogP) is 2.35. The van der Waals surface area contributed by atoms with Crippen LogP contribution in [0.4, 0.5) is 0 Å². The molecule has 2 N–H and O–H groups in total. The van der Waals surface area contributed by atoms with Gasteiger partial charge < -0.3 is 5.11 Å². The molecule has 0 spiro atoms. The molecule has 0 amide bonds. The molecule has 1 aromatic rings. The second kappa shape index (κ2) is 2.91. The third-order valence-corrected chi connectivity index (χ3v) is 2.46. The molecule has 0 radical (unpaired) electrons. The van der Waals surface area contributed by atoms with Crippen molar-refractivity contribution in [1.29, 1.82) is 0 Å². The Morgan fingerprint density at radius 2 is 2.17 bits per heavy atom. The Morgan fingerprint density at radius 3 is 2.75 bits per heavy atom. The number of benzene rings is 1. The summed E-state index contributed by atoms with van der Waals surface area (Å²) in [6, 6.07) is 8.50. The van der Waals surface area contributed by atoms with Gasteiger partial charge >= 0.3 is 0 Å². The lowest BCUT2D eigenvalue weighted by atomic mass is 10.0. The van der Waals surface area contributed by atoms with Crippen molar-refractivity contribution in [1.82, 2.24) is 0 Å². The van der Waals surface area contributed by atoms with E-state index in [9.17, 15) is 0 Å². The molecular weight excluding hydrogens is 148 g/mol. The third-order valence-electron chi connectivity index (χ3n) is 2.46. The van der Waals surface area contributed by atoms with Crippen LogP contribution in [-0.2, 0) is 0 Å². The van der Waals surface area contributed by atoms with Crippen LogP contribution in [0.2, 0.25) is 0 Å². The van der Waals surface area contributed by atoms with Gasteiger partial charge in [0.25, 0.3) is 0 Å². The number of rotatable bonds is 2. The Labute approximate surface area is 73.0 Å². The third kappa shape index (κ3) is 1.51. The van der Waals surface area contributed by atoms with Crippen LogP contribution in [0.3, 0.4) is 0 Å². The molecule has 1 unspecified atom stereocenters. The lowest BCUT2D eigenvalue weighted by molar-refractivity contribution is 0.199. The molecule has 0 heterocycles. The van der Waals surface area contributed by atoms with Crippen molar-refractivity contribution in [3.8, 4) is 0 Å². The van der Waals surface area contributed by atoms with Gasteiger partial charge in [0.15, 0.2) is 6.10 Å². The highest BCUT2D eigenvalue weighted by atomic mass is 16.3. The van der Waals surface area contributed by atoms with Gasteiger partial charge in [0.1, 0.15) is 0 Å². The summed E-state index contributed by atoms with van der Waals surface area (Å²) in [5.74, 6) is 0.809. The average molecular weight is 163 g/mol. The number of hydrogen-bond donors (Lipinski definition) is 0. The molecule has 0 aliphatic heterocycles. The zero-order valence-corrected chi connectivity index (χ0v) is 7.38. The van der Waals surface area contributed by atoms with Gasteiger partial charge in [0, 0.05) is 12.5 Å². The molecule has 0 aromatic heterocycles. The molecule has 1 nitrogen and oxygen atoms in total. The highest BCUT2D eigenvalue weighted by Gasteiger charge is 2.23. The van der Waals surface area contributed by atoms with Crippen molar-refractivity contribution >= 4 is 0 Å². The van der Waals surface area contributed by atoms with Crippen LogP contribution < -0.4 is 0 Å². The fourth-order valence-electron chi connectivity index (χ4n) is 1.50. The Bertz CT molecular complexity index is 257. The maximum atomic E-state index is 7.58. The van der Waals surface area contributed by atoms with Crippen molar-refractivity contribution < 1.29 is 5.11 Å². The van der Waals surface area contributed by atoms with Gasteiger partial charge in [-0.15, -0.1) is 0 Å². The molecule has 0 saturated heterocycles. The lowest BCUT2D eigenvalue weighted by Crippen LogP contribution is -1.91. The van der Waals surface area contributed by atoms with Crippen molar-refractivity contribution in [3.63, 3.8) is 0 Å². The summed E-state index contributed by atoms with van der Waals surface area (Å²) < 4.78 is 0. The van der Waals surface area contributed by atoms with Gasteiger partial charge in [0.2, 0.25) is 0 Å². The molecule has 1 heteroatoms. The second-order valence-corrected chi connectivity index (χ2v) is 3.67. The first kappa shape index (κ1) is 7.81. The standard InChI is InChI=1S/C11H14O/c1-8(12)10-3-2-4-11(7-10)9-5-6-9/h2-4,7-9,12H,5-6H2,1H3/p+1. The molecule has 1 atom stereocenters. The summed E-state index contributed by atoms with van der Waals surface area (Å²) in [6.45, 7) is 1.92. The molecular formula is C11H15O+. The average Bonchev–Trinajstić information content (AvgIpc) is 2.87. The Kier molecular flexibility index (Phi) is 1.89. The van der Waals surface area contributed by atoms with Gasteiger partial charge in [-0.3, -0.25) is 0 Å². The van der Waals surface area contributed by atoms with Crippen LogP contribution in [0, 0.1) is 0 Å². The quantitative estimate of drug-likeness (QED) is 0.597. The van der Waals surface area contributed by atoms with E-state index in [1.54, 1.807) is 0 Å². The van der Waals surface area contributed by atoms with Crippen LogP contribution in [0.15, 0.2) is 24.3 Å². The van der Waals surface area contributed by atoms with E-state index < -0.39 is 0 Å². The van der Waals surface area contributed by atoms with E-state index in [1.807, 2.05) is 13.0 Å². The summed E-state index contributed by atoms with van der Waals surface area (Å²) in [6.07, 6.45) is 2.61. The fourth-order valence-corrected chi connectivity index (χ4v) is 1.50. The van der Waals surface area contributed by atoms with Crippen LogP contribution in [-0.4, -0.2) is 5.11 Å². The summed E-state index contributed by atoms with van der Waals surface area (Å²) in [5.41, 5.74) is 2.59. The van der Waals surface area contributed by atoms with E-state index in [-0.39, 0.29) is 6.10 Å². The van der Waals surface area contributed by atoms with E-state index in [1.165, 1.54) is 18.4 Å². The minimum absolute atomic E-state index is 0.0799. The highest BCUT2D eigenvalue weighted by Crippen LogP contribution is 2.40. The Hall–Kier alpha value is -0.820. The van der Waals surface area contributed by atoms with E-state index in [0.29, 0.717) is 0 Å². The van der Waals surface area contributed by atoms with Crippen LogP contribution in [0.1, 0.15) is 42.9 Å². The summed E-state index contributed by atoms with van der Waals surface area (Å²) in [4.78, 5) is 0. The first-order valence-electron chi connectivity index (χ1n) is 4.58. The van der Waals surface area contributed by atoms with Gasteiger partial charge in [0.05, 0.1) is 0 Å². The molecule has 12 heavy (non-hydrogen) atoms. The van der Waals surface area contributed by atoms with Crippen molar-refractivity contribution in [2.45, 2.75) is 31.8 Å². The first-order valence-corrected chi connectivity index (χ1v) is 4.58. The maximum Gasteiger partial charge on any atom is 0.177 e. The Morgan fingerprint density at radius 1 is 1.42 bits per heavy atom. The van der Waals surface area contributed by atoms with Gasteiger partial charge in [-0.05, 0) is 30.4 Å². The monoisotopic (exact) mass is 163 g/mol. The zero-order valence-electron chi connectivity index (χ0n) is 7.38. The van der Waals surface area contributed by atoms with E-state index >= 15 is 0 Å². The molecule has 2 rings (SSSR count). The lowest BCUT2D eigenvalue weighted by Gasteiger charge is -2.03. The molecule has 1 aliphatic carbocycles. The van der Waals surface area contributed by atoms with E-state index in [0.717, 1.165) is 11.5 Å². The molecule has 0 bridgehead atoms. The van der Waals surface area contributed by atoms with Crippen molar-refractivity contribution in [2.75, 3.05) is 0 Å². The Balaban J connectivity index is 2.26. The molecule has 1 aromatic carbocycles. The summed E-state index contributed by atoms with van der Waals surface area (Å²) in [5, 5.41) is 7.58. The molecule has 1 fully saturated rings. The van der Waals surface area contributed by atoms with Crippen LogP contribution in [0.25, 0.3) is 0 Å². The largest absolute Gasteiger partial charge is 0.440 e. The minimum Gasteiger partial charge on any atom is -0.440 e. The second-order valence-electron chi connectivity index (χ2n) is 3.67. The minimum atomic E-state index is -0.0799. The molecule has 64 valence electrons. The number of hydrogen-bond acceptors (Lipinski definition) is 0. The first-order chi connectivity index (χ1) is 5.77. The van der Waals surface area contributed by atoms with Crippen LogP contribution in [0.5, 0.6) is 0 Å². The fraction of sp³-hybridized carbons (Fsp3) is 0.455. The normalized spacial score (nSPS) is 19.2.